The van der Waals surface area contributed by atoms with E-state index in [1.54, 1.807) is 6.20 Å². The van der Waals surface area contributed by atoms with Crippen LogP contribution in [0.3, 0.4) is 0 Å². The summed E-state index contributed by atoms with van der Waals surface area (Å²) in [5, 5.41) is 3.45. The number of nitrogens with zero attached hydrogens (tertiary/aromatic N) is 5. The van der Waals surface area contributed by atoms with Crippen LogP contribution in [0.25, 0.3) is 78.2 Å². The SMILES string of the molecule is CC/C=C\C(=C/N)c1cccc(C2C=Cc3c(c4cccnc4n3-c3cccc(-n4c5ccc(-c6cccc(-c7cccnc7)c6)cc5c5cccnc54)c3)C2)c1. The highest BCUT2D eigenvalue weighted by Crippen LogP contribution is 2.40. The Kier molecular flexibility index (Phi) is 8.64. The van der Waals surface area contributed by atoms with E-state index in [1.807, 2.05) is 43.0 Å². The first kappa shape index (κ1) is 34.2. The van der Waals surface area contributed by atoms with E-state index in [2.05, 4.69) is 155 Å². The first-order valence-electron chi connectivity index (χ1n) is 19.5. The van der Waals surface area contributed by atoms with E-state index in [0.717, 1.165) is 85.2 Å². The van der Waals surface area contributed by atoms with E-state index in [0.29, 0.717) is 0 Å². The van der Waals surface area contributed by atoms with Crippen molar-refractivity contribution in [1.29, 1.82) is 0 Å². The summed E-state index contributed by atoms with van der Waals surface area (Å²) >= 11 is 0. The summed E-state index contributed by atoms with van der Waals surface area (Å²) in [6.45, 7) is 2.13. The maximum absolute atomic E-state index is 6.06. The van der Waals surface area contributed by atoms with Crippen LogP contribution in [0.5, 0.6) is 0 Å². The third-order valence-corrected chi connectivity index (χ3v) is 11.2. The first-order valence-corrected chi connectivity index (χ1v) is 19.5. The highest BCUT2D eigenvalue weighted by Gasteiger charge is 2.25. The lowest BCUT2D eigenvalue weighted by atomic mass is 9.85. The molecule has 0 aliphatic heterocycles. The van der Waals surface area contributed by atoms with Crippen molar-refractivity contribution in [3.8, 4) is 33.6 Å². The average molecular weight is 737 g/mol. The lowest BCUT2D eigenvalue weighted by molar-refractivity contribution is 0.824. The summed E-state index contributed by atoms with van der Waals surface area (Å²) < 4.78 is 4.60. The van der Waals surface area contributed by atoms with Gasteiger partial charge in [-0.05, 0) is 125 Å². The number of hydrogen-bond acceptors (Lipinski definition) is 4. The highest BCUT2D eigenvalue weighted by atomic mass is 15.1. The average Bonchev–Trinajstić information content (AvgIpc) is 3.79. The second kappa shape index (κ2) is 14.4. The van der Waals surface area contributed by atoms with Gasteiger partial charge < -0.3 is 5.73 Å². The first-order chi connectivity index (χ1) is 28.2. The third-order valence-electron chi connectivity index (χ3n) is 11.2. The van der Waals surface area contributed by atoms with Gasteiger partial charge in [0.15, 0.2) is 0 Å². The minimum absolute atomic E-state index is 0.226. The molecule has 4 aromatic carbocycles. The quantitative estimate of drug-likeness (QED) is 0.158. The van der Waals surface area contributed by atoms with E-state index in [-0.39, 0.29) is 5.92 Å². The van der Waals surface area contributed by atoms with E-state index in [1.165, 1.54) is 22.2 Å². The van der Waals surface area contributed by atoms with Crippen LogP contribution < -0.4 is 5.73 Å². The zero-order valence-corrected chi connectivity index (χ0v) is 31.6. The van der Waals surface area contributed by atoms with Gasteiger partial charge in [0.25, 0.3) is 0 Å². The maximum Gasteiger partial charge on any atom is 0.145 e. The molecule has 0 saturated heterocycles. The zero-order valence-electron chi connectivity index (χ0n) is 31.6. The molecule has 10 rings (SSSR count). The lowest BCUT2D eigenvalue weighted by Gasteiger charge is -2.20. The Labute approximate surface area is 331 Å². The highest BCUT2D eigenvalue weighted by molar-refractivity contribution is 6.09. The predicted molar refractivity (Wildman–Crippen MR) is 235 cm³/mol. The van der Waals surface area contributed by atoms with E-state index in [4.69, 9.17) is 15.7 Å². The molecule has 0 radical (unpaired) electrons. The fourth-order valence-corrected chi connectivity index (χ4v) is 8.48. The molecule has 274 valence electrons. The maximum atomic E-state index is 6.06. The Morgan fingerprint density at radius 1 is 0.684 bits per heavy atom. The number of nitrogens with two attached hydrogens (primary N) is 1. The minimum atomic E-state index is 0.226. The van der Waals surface area contributed by atoms with Gasteiger partial charge in [0.2, 0.25) is 0 Å². The standard InChI is InChI=1S/C51H40N6/c1-2-3-10-40(32-52)36-13-4-11-34(27-36)38-20-22-48-46(29-38)44-18-8-25-54-50(44)56(48)42-16-6-17-43(31-42)57-49-23-21-39(30-47(49)45-19-9-26-55-51(45)57)35-12-5-14-37(28-35)41-15-7-24-53-33-41/h3-28,30-33,38H,2,29,52H2,1H3/b10-3-,40-32+. The van der Waals surface area contributed by atoms with Crippen molar-refractivity contribution in [2.24, 2.45) is 5.73 Å². The predicted octanol–water partition coefficient (Wildman–Crippen LogP) is 11.9. The molecule has 6 nitrogen and oxygen atoms in total. The van der Waals surface area contributed by atoms with Crippen LogP contribution in [0.15, 0.2) is 177 Å². The molecule has 6 heteroatoms. The molecular weight excluding hydrogens is 697 g/mol. The number of pyridine rings is 3. The Bertz CT molecular complexity index is 3050. The van der Waals surface area contributed by atoms with Crippen molar-refractivity contribution in [2.45, 2.75) is 25.7 Å². The Hall–Kier alpha value is -7.31. The normalized spacial score (nSPS) is 14.3. The molecule has 0 saturated carbocycles. The summed E-state index contributed by atoms with van der Waals surface area (Å²) in [5.74, 6) is 0.226. The zero-order chi connectivity index (χ0) is 38.3. The topological polar surface area (TPSA) is 74.5 Å². The molecule has 57 heavy (non-hydrogen) atoms. The number of rotatable bonds is 8. The molecule has 2 N–H and O–H groups in total. The largest absolute Gasteiger partial charge is 0.404 e. The number of hydrogen-bond donors (Lipinski definition) is 1. The van der Waals surface area contributed by atoms with Gasteiger partial charge >= 0.3 is 0 Å². The van der Waals surface area contributed by atoms with Gasteiger partial charge in [0.05, 0.1) is 11.2 Å². The van der Waals surface area contributed by atoms with Crippen molar-refractivity contribution >= 4 is 44.6 Å². The number of benzene rings is 4. The molecular formula is C51H40N6. The second-order valence-electron chi connectivity index (χ2n) is 14.6. The van der Waals surface area contributed by atoms with Crippen molar-refractivity contribution in [1.82, 2.24) is 24.1 Å². The monoisotopic (exact) mass is 736 g/mol. The van der Waals surface area contributed by atoms with Crippen molar-refractivity contribution in [3.05, 3.63) is 199 Å². The molecule has 1 aliphatic carbocycles. The number of fused-ring (bicyclic) bond motifs is 6. The Morgan fingerprint density at radius 2 is 1.40 bits per heavy atom. The van der Waals surface area contributed by atoms with Crippen LogP contribution in [0.1, 0.15) is 41.6 Å². The van der Waals surface area contributed by atoms with Crippen molar-refractivity contribution in [2.75, 3.05) is 0 Å². The third kappa shape index (κ3) is 6.03. The van der Waals surface area contributed by atoms with E-state index in [9.17, 15) is 0 Å². The van der Waals surface area contributed by atoms with Crippen LogP contribution in [0.2, 0.25) is 0 Å². The smallest absolute Gasteiger partial charge is 0.145 e. The van der Waals surface area contributed by atoms with Gasteiger partial charge in [0, 0.05) is 70.0 Å². The summed E-state index contributed by atoms with van der Waals surface area (Å²) in [5.41, 5.74) is 21.6. The molecule has 5 aromatic heterocycles. The molecule has 1 aliphatic rings. The van der Waals surface area contributed by atoms with Crippen LogP contribution in [-0.4, -0.2) is 24.1 Å². The molecule has 0 bridgehead atoms. The molecule has 0 amide bonds. The fraction of sp³-hybridized carbons (Fsp3) is 0.0784. The summed E-state index contributed by atoms with van der Waals surface area (Å²) in [6, 6.07) is 45.5. The van der Waals surface area contributed by atoms with Crippen LogP contribution in [-0.2, 0) is 6.42 Å². The number of allylic oxidation sites excluding steroid dienone is 4. The molecule has 1 unspecified atom stereocenters. The van der Waals surface area contributed by atoms with Gasteiger partial charge in [-0.3, -0.25) is 14.1 Å². The van der Waals surface area contributed by atoms with Crippen molar-refractivity contribution < 1.29 is 0 Å². The van der Waals surface area contributed by atoms with Crippen LogP contribution in [0.4, 0.5) is 0 Å². The van der Waals surface area contributed by atoms with E-state index < -0.39 is 0 Å². The lowest BCUT2D eigenvalue weighted by Crippen LogP contribution is -2.08. The van der Waals surface area contributed by atoms with Gasteiger partial charge in [-0.1, -0.05) is 85.8 Å². The van der Waals surface area contributed by atoms with Gasteiger partial charge in [-0.15, -0.1) is 0 Å². The molecule has 0 spiro atoms. The minimum Gasteiger partial charge on any atom is -0.404 e. The number of aromatic nitrogens is 5. The second-order valence-corrected chi connectivity index (χ2v) is 14.6. The van der Waals surface area contributed by atoms with Crippen molar-refractivity contribution in [3.63, 3.8) is 0 Å². The molecule has 9 aromatic rings. The molecule has 0 fully saturated rings. The Morgan fingerprint density at radius 3 is 2.21 bits per heavy atom. The van der Waals surface area contributed by atoms with E-state index >= 15 is 0 Å². The van der Waals surface area contributed by atoms with Gasteiger partial charge in [-0.2, -0.15) is 0 Å². The summed E-state index contributed by atoms with van der Waals surface area (Å²) in [6.07, 6.45) is 19.9. The Balaban J connectivity index is 1.05. The molecule has 1 atom stereocenters. The summed E-state index contributed by atoms with van der Waals surface area (Å²) in [7, 11) is 0. The van der Waals surface area contributed by atoms with Crippen LogP contribution in [0, 0.1) is 0 Å². The summed E-state index contributed by atoms with van der Waals surface area (Å²) in [4.78, 5) is 14.3. The van der Waals surface area contributed by atoms with Crippen LogP contribution >= 0.6 is 0 Å². The van der Waals surface area contributed by atoms with Gasteiger partial charge in [0.1, 0.15) is 11.3 Å². The van der Waals surface area contributed by atoms with Gasteiger partial charge in [-0.25, -0.2) is 9.97 Å². The molecule has 5 heterocycles. The fourth-order valence-electron chi connectivity index (χ4n) is 8.48.